The van der Waals surface area contributed by atoms with Crippen LogP contribution >= 0.6 is 11.3 Å². The number of ether oxygens (including phenoxy) is 1. The second-order valence-corrected chi connectivity index (χ2v) is 7.29. The predicted molar refractivity (Wildman–Crippen MR) is 108 cm³/mol. The summed E-state index contributed by atoms with van der Waals surface area (Å²) < 4.78 is 5.63. The third-order valence-electron chi connectivity index (χ3n) is 4.44. The Morgan fingerprint density at radius 3 is 2.75 bits per heavy atom. The van der Waals surface area contributed by atoms with Crippen LogP contribution < -0.4 is 15.4 Å². The number of thiazole rings is 1. The molecule has 2 aromatic carbocycles. The van der Waals surface area contributed by atoms with Gasteiger partial charge in [-0.05, 0) is 18.2 Å². The number of fused-ring (bicyclic) bond motifs is 1. The molecule has 4 rings (SSSR count). The maximum Gasteiger partial charge on any atom is 0.257 e. The molecule has 2 heterocycles. The van der Waals surface area contributed by atoms with Crippen molar-refractivity contribution in [2.45, 2.75) is 18.9 Å². The Balaban J connectivity index is 1.35. The van der Waals surface area contributed by atoms with Crippen LogP contribution in [0.25, 0.3) is 0 Å². The molecule has 2 amide bonds. The van der Waals surface area contributed by atoms with Crippen LogP contribution in [0.2, 0.25) is 0 Å². The highest BCUT2D eigenvalue weighted by Gasteiger charge is 2.23. The van der Waals surface area contributed by atoms with Crippen molar-refractivity contribution in [1.82, 2.24) is 10.3 Å². The van der Waals surface area contributed by atoms with E-state index in [2.05, 4.69) is 15.6 Å². The molecule has 0 bridgehead atoms. The van der Waals surface area contributed by atoms with Crippen LogP contribution in [-0.2, 0) is 11.2 Å². The van der Waals surface area contributed by atoms with Crippen molar-refractivity contribution >= 4 is 28.3 Å². The number of amides is 2. The Labute approximate surface area is 166 Å². The third kappa shape index (κ3) is 4.20. The molecule has 2 N–H and O–H groups in total. The number of rotatable bonds is 5. The molecule has 1 unspecified atom stereocenters. The third-order valence-corrected chi connectivity index (χ3v) is 5.25. The van der Waals surface area contributed by atoms with Crippen LogP contribution in [0, 0.1) is 0 Å². The zero-order valence-electron chi connectivity index (χ0n) is 15.1. The van der Waals surface area contributed by atoms with E-state index in [9.17, 15) is 9.59 Å². The second-order valence-electron chi connectivity index (χ2n) is 6.44. The van der Waals surface area contributed by atoms with Gasteiger partial charge < -0.3 is 10.1 Å². The number of benzene rings is 2. The summed E-state index contributed by atoms with van der Waals surface area (Å²) in [5.41, 5.74) is 2.19. The van der Waals surface area contributed by atoms with E-state index in [0.717, 1.165) is 17.7 Å². The smallest absolute Gasteiger partial charge is 0.257 e. The minimum absolute atomic E-state index is 0.0617. The summed E-state index contributed by atoms with van der Waals surface area (Å²) in [6.45, 7) is 0.578. The zero-order valence-corrected chi connectivity index (χ0v) is 15.9. The Morgan fingerprint density at radius 2 is 1.89 bits per heavy atom. The predicted octanol–water partition coefficient (Wildman–Crippen LogP) is 3.58. The molecule has 142 valence electrons. The Morgan fingerprint density at radius 1 is 1.11 bits per heavy atom. The van der Waals surface area contributed by atoms with E-state index in [1.165, 1.54) is 11.3 Å². The molecule has 6 nitrogen and oxygen atoms in total. The first kappa shape index (κ1) is 18.2. The number of nitrogens with zero attached hydrogens (tertiary/aromatic N) is 1. The highest BCUT2D eigenvalue weighted by Crippen LogP contribution is 2.31. The van der Waals surface area contributed by atoms with E-state index in [1.807, 2.05) is 30.3 Å². The molecule has 28 heavy (non-hydrogen) atoms. The van der Waals surface area contributed by atoms with Crippen LogP contribution in [0.3, 0.4) is 0 Å². The number of carbonyl (C=O) groups excluding carboxylic acids is 2. The summed E-state index contributed by atoms with van der Waals surface area (Å²) in [4.78, 5) is 29.0. The van der Waals surface area contributed by atoms with E-state index in [0.29, 0.717) is 23.0 Å². The molecule has 0 saturated carbocycles. The Hall–Kier alpha value is -3.19. The van der Waals surface area contributed by atoms with E-state index in [1.54, 1.807) is 29.6 Å². The molecule has 1 atom stereocenters. The first-order chi connectivity index (χ1) is 13.7. The molecule has 3 aromatic rings. The molecule has 1 aromatic heterocycles. The van der Waals surface area contributed by atoms with Gasteiger partial charge in [-0.3, -0.25) is 14.9 Å². The standard InChI is InChI=1S/C21H19N3O3S/c25-19(23-17-10-11-27-18-9-5-4-8-16(17)18)12-15-13-28-21(22-15)24-20(26)14-6-2-1-3-7-14/h1-9,13,17H,10-12H2,(H,23,25)(H,22,24,26). The molecular weight excluding hydrogens is 374 g/mol. The van der Waals surface area contributed by atoms with Gasteiger partial charge in [0.25, 0.3) is 5.91 Å². The van der Waals surface area contributed by atoms with Gasteiger partial charge in [-0.15, -0.1) is 11.3 Å². The first-order valence-corrected chi connectivity index (χ1v) is 9.89. The van der Waals surface area contributed by atoms with E-state index in [4.69, 9.17) is 4.74 Å². The lowest BCUT2D eigenvalue weighted by atomic mass is 10.0. The van der Waals surface area contributed by atoms with Crippen molar-refractivity contribution in [2.75, 3.05) is 11.9 Å². The van der Waals surface area contributed by atoms with Crippen LogP contribution in [0.1, 0.15) is 34.1 Å². The van der Waals surface area contributed by atoms with Crippen molar-refractivity contribution in [3.8, 4) is 5.75 Å². The maximum absolute atomic E-state index is 12.5. The summed E-state index contributed by atoms with van der Waals surface area (Å²) in [5, 5.41) is 8.09. The van der Waals surface area contributed by atoms with Crippen LogP contribution in [0.4, 0.5) is 5.13 Å². The van der Waals surface area contributed by atoms with Crippen LogP contribution in [0.5, 0.6) is 5.75 Å². The summed E-state index contributed by atoms with van der Waals surface area (Å²) in [5.74, 6) is 0.497. The minimum atomic E-state index is -0.218. The molecule has 1 aliphatic rings. The van der Waals surface area contributed by atoms with E-state index < -0.39 is 0 Å². The number of aromatic nitrogens is 1. The summed E-state index contributed by atoms with van der Waals surface area (Å²) in [6, 6.07) is 16.6. The largest absolute Gasteiger partial charge is 0.493 e. The number of anilines is 1. The summed E-state index contributed by atoms with van der Waals surface area (Å²) in [6.07, 6.45) is 0.898. The maximum atomic E-state index is 12.5. The lowest BCUT2D eigenvalue weighted by molar-refractivity contribution is -0.121. The topological polar surface area (TPSA) is 80.3 Å². The number of carbonyl (C=O) groups is 2. The van der Waals surface area contributed by atoms with Gasteiger partial charge in [-0.25, -0.2) is 4.98 Å². The van der Waals surface area contributed by atoms with Gasteiger partial charge in [-0.2, -0.15) is 0 Å². The minimum Gasteiger partial charge on any atom is -0.493 e. The van der Waals surface area contributed by atoms with Gasteiger partial charge in [0.2, 0.25) is 5.91 Å². The average Bonchev–Trinajstić information content (AvgIpc) is 3.15. The van der Waals surface area contributed by atoms with Crippen molar-refractivity contribution < 1.29 is 14.3 Å². The molecule has 0 aliphatic carbocycles. The monoisotopic (exact) mass is 393 g/mol. The normalized spacial score (nSPS) is 15.2. The fraction of sp³-hybridized carbons (Fsp3) is 0.190. The SMILES string of the molecule is O=C(Cc1csc(NC(=O)c2ccccc2)n1)NC1CCOc2ccccc21. The van der Waals surface area contributed by atoms with Crippen molar-refractivity contribution in [3.63, 3.8) is 0 Å². The second kappa shape index (κ2) is 8.22. The highest BCUT2D eigenvalue weighted by molar-refractivity contribution is 7.14. The first-order valence-electron chi connectivity index (χ1n) is 9.01. The Kier molecular flexibility index (Phi) is 5.34. The summed E-state index contributed by atoms with van der Waals surface area (Å²) in [7, 11) is 0. The number of para-hydroxylation sites is 1. The molecule has 0 radical (unpaired) electrons. The fourth-order valence-corrected chi connectivity index (χ4v) is 3.81. The van der Waals surface area contributed by atoms with Gasteiger partial charge in [0.15, 0.2) is 5.13 Å². The zero-order chi connectivity index (χ0) is 19.3. The molecule has 1 aliphatic heterocycles. The molecule has 7 heteroatoms. The fourth-order valence-electron chi connectivity index (χ4n) is 3.11. The molecule has 0 spiro atoms. The van der Waals surface area contributed by atoms with Crippen molar-refractivity contribution in [2.24, 2.45) is 0 Å². The lowest BCUT2D eigenvalue weighted by Crippen LogP contribution is -2.33. The van der Waals surface area contributed by atoms with Gasteiger partial charge in [0, 0.05) is 22.9 Å². The summed E-state index contributed by atoms with van der Waals surface area (Å²) >= 11 is 1.31. The van der Waals surface area contributed by atoms with Crippen molar-refractivity contribution in [3.05, 3.63) is 76.8 Å². The van der Waals surface area contributed by atoms with Gasteiger partial charge in [0.1, 0.15) is 5.75 Å². The Bertz CT molecular complexity index is 987. The number of nitrogens with one attached hydrogen (secondary N) is 2. The lowest BCUT2D eigenvalue weighted by Gasteiger charge is -2.26. The highest BCUT2D eigenvalue weighted by atomic mass is 32.1. The van der Waals surface area contributed by atoms with Gasteiger partial charge >= 0.3 is 0 Å². The van der Waals surface area contributed by atoms with Crippen LogP contribution in [0.15, 0.2) is 60.0 Å². The van der Waals surface area contributed by atoms with E-state index >= 15 is 0 Å². The quantitative estimate of drug-likeness (QED) is 0.694. The van der Waals surface area contributed by atoms with Gasteiger partial charge in [0.05, 0.1) is 24.8 Å². The molecule has 0 saturated heterocycles. The van der Waals surface area contributed by atoms with Crippen molar-refractivity contribution in [1.29, 1.82) is 0 Å². The van der Waals surface area contributed by atoms with Crippen LogP contribution in [-0.4, -0.2) is 23.4 Å². The number of hydrogen-bond donors (Lipinski definition) is 2. The molecular formula is C21H19N3O3S. The number of hydrogen-bond acceptors (Lipinski definition) is 5. The average molecular weight is 393 g/mol. The van der Waals surface area contributed by atoms with E-state index in [-0.39, 0.29) is 24.3 Å². The molecule has 0 fully saturated rings. The van der Waals surface area contributed by atoms with Gasteiger partial charge in [-0.1, -0.05) is 36.4 Å².